The number of carboxylic acid groups (broad SMARTS) is 1. The molecule has 1 aliphatic rings. The smallest absolute Gasteiger partial charge is 0.326 e. The Labute approximate surface area is 105 Å². The van der Waals surface area contributed by atoms with Crippen LogP contribution in [0.25, 0.3) is 0 Å². The molecule has 0 aromatic heterocycles. The van der Waals surface area contributed by atoms with Gasteiger partial charge in [-0.05, 0) is 32.6 Å². The molecule has 0 bridgehead atoms. The Morgan fingerprint density at radius 1 is 1.39 bits per heavy atom. The molecule has 102 valence electrons. The number of nitrogens with one attached hydrogen (secondary N) is 2. The van der Waals surface area contributed by atoms with Crippen LogP contribution in [0.15, 0.2) is 0 Å². The first kappa shape index (κ1) is 14.3. The molecule has 1 aliphatic carbocycles. The van der Waals surface area contributed by atoms with Gasteiger partial charge in [-0.3, -0.25) is 4.79 Å². The molecule has 0 spiro atoms. The SMILES string of the molecule is CC1(NC(=O)NC(CCC(N)=O)C(=O)O)CCC1. The van der Waals surface area contributed by atoms with Gasteiger partial charge >= 0.3 is 12.0 Å². The summed E-state index contributed by atoms with van der Waals surface area (Å²) in [5.74, 6) is -1.76. The number of aliphatic carboxylic acids is 1. The number of urea groups is 1. The molecule has 1 fully saturated rings. The predicted octanol–water partition coefficient (Wildman–Crippen LogP) is -0.0531. The van der Waals surface area contributed by atoms with Crippen molar-refractivity contribution in [1.29, 1.82) is 0 Å². The Kier molecular flexibility index (Phi) is 4.52. The van der Waals surface area contributed by atoms with Crippen molar-refractivity contribution in [1.82, 2.24) is 10.6 Å². The molecule has 0 heterocycles. The van der Waals surface area contributed by atoms with Crippen LogP contribution in [0.4, 0.5) is 4.79 Å². The number of rotatable bonds is 6. The lowest BCUT2D eigenvalue weighted by Crippen LogP contribution is -2.56. The Balaban J connectivity index is 2.42. The first-order valence-corrected chi connectivity index (χ1v) is 5.92. The zero-order chi connectivity index (χ0) is 13.8. The molecule has 1 saturated carbocycles. The molecular weight excluding hydrogens is 238 g/mol. The van der Waals surface area contributed by atoms with Crippen LogP contribution in [-0.4, -0.2) is 34.6 Å². The second-order valence-electron chi connectivity index (χ2n) is 4.91. The second kappa shape index (κ2) is 5.70. The van der Waals surface area contributed by atoms with Gasteiger partial charge in [0.05, 0.1) is 0 Å². The van der Waals surface area contributed by atoms with Crippen LogP contribution in [-0.2, 0) is 9.59 Å². The van der Waals surface area contributed by atoms with E-state index in [0.29, 0.717) is 0 Å². The van der Waals surface area contributed by atoms with Gasteiger partial charge in [-0.2, -0.15) is 0 Å². The molecule has 7 heteroatoms. The summed E-state index contributed by atoms with van der Waals surface area (Å²) in [5, 5.41) is 14.0. The Morgan fingerprint density at radius 3 is 2.39 bits per heavy atom. The van der Waals surface area contributed by atoms with Gasteiger partial charge in [0.1, 0.15) is 6.04 Å². The van der Waals surface area contributed by atoms with E-state index >= 15 is 0 Å². The van der Waals surface area contributed by atoms with Crippen LogP contribution in [0.3, 0.4) is 0 Å². The molecule has 0 saturated heterocycles. The van der Waals surface area contributed by atoms with E-state index in [1.165, 1.54) is 0 Å². The van der Waals surface area contributed by atoms with Crippen LogP contribution < -0.4 is 16.4 Å². The summed E-state index contributed by atoms with van der Waals surface area (Å²) in [4.78, 5) is 33.1. The van der Waals surface area contributed by atoms with Crippen molar-refractivity contribution in [3.63, 3.8) is 0 Å². The number of carboxylic acids is 1. The Morgan fingerprint density at radius 2 is 2.00 bits per heavy atom. The highest BCUT2D eigenvalue weighted by molar-refractivity contribution is 5.83. The highest BCUT2D eigenvalue weighted by atomic mass is 16.4. The first-order chi connectivity index (χ1) is 8.32. The average molecular weight is 257 g/mol. The third-order valence-corrected chi connectivity index (χ3v) is 3.16. The topological polar surface area (TPSA) is 122 Å². The summed E-state index contributed by atoms with van der Waals surface area (Å²) in [7, 11) is 0. The molecule has 1 unspecified atom stereocenters. The minimum atomic E-state index is -1.18. The largest absolute Gasteiger partial charge is 0.480 e. The normalized spacial score (nSPS) is 18.3. The van der Waals surface area contributed by atoms with Crippen molar-refractivity contribution in [3.8, 4) is 0 Å². The van der Waals surface area contributed by atoms with E-state index in [1.54, 1.807) is 0 Å². The molecule has 0 aromatic rings. The fourth-order valence-electron chi connectivity index (χ4n) is 1.84. The van der Waals surface area contributed by atoms with Crippen LogP contribution in [0.5, 0.6) is 0 Å². The van der Waals surface area contributed by atoms with Gasteiger partial charge in [-0.1, -0.05) is 0 Å². The maximum atomic E-state index is 11.6. The molecule has 0 aliphatic heterocycles. The summed E-state index contributed by atoms with van der Waals surface area (Å²) in [6.45, 7) is 1.91. The number of primary amides is 1. The van der Waals surface area contributed by atoms with Gasteiger partial charge in [0, 0.05) is 12.0 Å². The summed E-state index contributed by atoms with van der Waals surface area (Å²) in [6, 6.07) is -1.62. The number of hydrogen-bond acceptors (Lipinski definition) is 3. The molecule has 3 amide bonds. The van der Waals surface area contributed by atoms with Crippen LogP contribution in [0.2, 0.25) is 0 Å². The number of nitrogens with two attached hydrogens (primary N) is 1. The van der Waals surface area contributed by atoms with Crippen molar-refractivity contribution in [2.75, 3.05) is 0 Å². The van der Waals surface area contributed by atoms with Gasteiger partial charge in [-0.25, -0.2) is 9.59 Å². The number of carbonyl (C=O) groups excluding carboxylic acids is 2. The van der Waals surface area contributed by atoms with Gasteiger partial charge in [0.2, 0.25) is 5.91 Å². The fourth-order valence-corrected chi connectivity index (χ4v) is 1.84. The van der Waals surface area contributed by atoms with E-state index in [9.17, 15) is 14.4 Å². The molecule has 1 rings (SSSR count). The Hall–Kier alpha value is -1.79. The Bertz CT molecular complexity index is 352. The van der Waals surface area contributed by atoms with Gasteiger partial charge < -0.3 is 21.5 Å². The van der Waals surface area contributed by atoms with Gasteiger partial charge in [-0.15, -0.1) is 0 Å². The quantitative estimate of drug-likeness (QED) is 0.532. The number of amides is 3. The maximum Gasteiger partial charge on any atom is 0.326 e. The molecule has 0 aromatic carbocycles. The molecule has 18 heavy (non-hydrogen) atoms. The van der Waals surface area contributed by atoms with Crippen molar-refractivity contribution in [2.24, 2.45) is 5.73 Å². The monoisotopic (exact) mass is 257 g/mol. The third kappa shape index (κ3) is 4.23. The third-order valence-electron chi connectivity index (χ3n) is 3.16. The van der Waals surface area contributed by atoms with Gasteiger partial charge in [0.15, 0.2) is 0 Å². The van der Waals surface area contributed by atoms with Crippen LogP contribution >= 0.6 is 0 Å². The van der Waals surface area contributed by atoms with Crippen molar-refractivity contribution in [3.05, 3.63) is 0 Å². The van der Waals surface area contributed by atoms with E-state index in [4.69, 9.17) is 10.8 Å². The summed E-state index contributed by atoms with van der Waals surface area (Å²) >= 11 is 0. The molecule has 1 atom stereocenters. The van der Waals surface area contributed by atoms with E-state index in [-0.39, 0.29) is 18.4 Å². The van der Waals surface area contributed by atoms with E-state index in [0.717, 1.165) is 19.3 Å². The molecule has 0 radical (unpaired) electrons. The highest BCUT2D eigenvalue weighted by Crippen LogP contribution is 2.30. The minimum Gasteiger partial charge on any atom is -0.480 e. The molecule has 7 nitrogen and oxygen atoms in total. The van der Waals surface area contributed by atoms with Crippen molar-refractivity contribution >= 4 is 17.9 Å². The van der Waals surface area contributed by atoms with Crippen LogP contribution in [0, 0.1) is 0 Å². The van der Waals surface area contributed by atoms with E-state index < -0.39 is 23.9 Å². The first-order valence-electron chi connectivity index (χ1n) is 5.92. The fraction of sp³-hybridized carbons (Fsp3) is 0.727. The number of hydrogen-bond donors (Lipinski definition) is 4. The number of carbonyl (C=O) groups is 3. The zero-order valence-corrected chi connectivity index (χ0v) is 10.4. The van der Waals surface area contributed by atoms with E-state index in [2.05, 4.69) is 10.6 Å². The summed E-state index contributed by atoms with van der Waals surface area (Å²) in [5.41, 5.74) is 4.70. The summed E-state index contributed by atoms with van der Waals surface area (Å²) in [6.07, 6.45) is 2.75. The average Bonchev–Trinajstić information content (AvgIpc) is 2.21. The molecule has 5 N–H and O–H groups in total. The van der Waals surface area contributed by atoms with Crippen molar-refractivity contribution < 1.29 is 19.5 Å². The zero-order valence-electron chi connectivity index (χ0n) is 10.4. The lowest BCUT2D eigenvalue weighted by Gasteiger charge is -2.39. The highest BCUT2D eigenvalue weighted by Gasteiger charge is 2.34. The lowest BCUT2D eigenvalue weighted by molar-refractivity contribution is -0.139. The lowest BCUT2D eigenvalue weighted by atomic mass is 9.79. The van der Waals surface area contributed by atoms with Crippen molar-refractivity contribution in [2.45, 2.75) is 50.6 Å². The standard InChI is InChI=1S/C11H19N3O4/c1-11(5-2-6-11)14-10(18)13-7(9(16)17)3-4-8(12)15/h7H,2-6H2,1H3,(H2,12,15)(H,16,17)(H2,13,14,18). The van der Waals surface area contributed by atoms with E-state index in [1.807, 2.05) is 6.92 Å². The second-order valence-corrected chi connectivity index (χ2v) is 4.91. The maximum absolute atomic E-state index is 11.6. The molecular formula is C11H19N3O4. The van der Waals surface area contributed by atoms with Gasteiger partial charge in [0.25, 0.3) is 0 Å². The predicted molar refractivity (Wildman–Crippen MR) is 63.8 cm³/mol. The minimum absolute atomic E-state index is 0.00516. The summed E-state index contributed by atoms with van der Waals surface area (Å²) < 4.78 is 0. The van der Waals surface area contributed by atoms with Crippen LogP contribution in [0.1, 0.15) is 39.0 Å².